The lowest BCUT2D eigenvalue weighted by Crippen LogP contribution is -1.80. The van der Waals surface area contributed by atoms with Crippen LogP contribution in [0.3, 0.4) is 0 Å². The van der Waals surface area contributed by atoms with E-state index in [1.54, 1.807) is 6.20 Å². The number of nitrogens with zero attached hydrogens (tertiary/aromatic N) is 1. The average Bonchev–Trinajstić information content (AvgIpc) is 2.65. The molecule has 3 nitrogen and oxygen atoms in total. The molecule has 0 atom stereocenters. The molecule has 0 unspecified atom stereocenters. The van der Waals surface area contributed by atoms with E-state index in [4.69, 9.17) is 0 Å². The third kappa shape index (κ3) is 1.56. The van der Waals surface area contributed by atoms with E-state index in [1.807, 2.05) is 43.3 Å². The number of aromatic nitrogens is 2. The number of fused-ring (bicyclic) bond motifs is 1. The molecule has 2 N–H and O–H groups in total. The zero-order chi connectivity index (χ0) is 11.8. The van der Waals surface area contributed by atoms with Crippen molar-refractivity contribution in [1.82, 2.24) is 9.97 Å². The first-order valence-electron chi connectivity index (χ1n) is 5.48. The monoisotopic (exact) mass is 224 g/mol. The van der Waals surface area contributed by atoms with Gasteiger partial charge in [-0.3, -0.25) is 4.98 Å². The molecular formula is C14H12N2O. The summed E-state index contributed by atoms with van der Waals surface area (Å²) >= 11 is 0. The van der Waals surface area contributed by atoms with Crippen LogP contribution >= 0.6 is 0 Å². The predicted octanol–water partition coefficient (Wildman–Crippen LogP) is 3.24. The van der Waals surface area contributed by atoms with Crippen LogP contribution in [0, 0.1) is 6.92 Å². The molecule has 3 heteroatoms. The average molecular weight is 224 g/mol. The van der Waals surface area contributed by atoms with Gasteiger partial charge in [0.1, 0.15) is 0 Å². The molecule has 0 saturated carbocycles. The molecule has 3 rings (SSSR count). The van der Waals surface area contributed by atoms with Crippen molar-refractivity contribution in [2.75, 3.05) is 0 Å². The fourth-order valence-electron chi connectivity index (χ4n) is 2.07. The summed E-state index contributed by atoms with van der Waals surface area (Å²) < 4.78 is 0. The summed E-state index contributed by atoms with van der Waals surface area (Å²) in [5, 5.41) is 11.0. The molecule has 0 amide bonds. The van der Waals surface area contributed by atoms with Gasteiger partial charge in [0.2, 0.25) is 0 Å². The Morgan fingerprint density at radius 2 is 2.06 bits per heavy atom. The minimum atomic E-state index is 0.171. The first kappa shape index (κ1) is 9.90. The van der Waals surface area contributed by atoms with Crippen molar-refractivity contribution >= 4 is 10.9 Å². The van der Waals surface area contributed by atoms with E-state index in [9.17, 15) is 5.11 Å². The lowest BCUT2D eigenvalue weighted by atomic mass is 10.1. The number of aromatic amines is 1. The van der Waals surface area contributed by atoms with Crippen LogP contribution in [0.25, 0.3) is 22.2 Å². The van der Waals surface area contributed by atoms with Gasteiger partial charge in [0.05, 0.1) is 11.3 Å². The Morgan fingerprint density at radius 1 is 1.18 bits per heavy atom. The minimum Gasteiger partial charge on any atom is -0.494 e. The molecule has 0 aliphatic heterocycles. The second kappa shape index (κ2) is 3.63. The number of hydrogen-bond acceptors (Lipinski definition) is 2. The molecule has 84 valence electrons. The van der Waals surface area contributed by atoms with Crippen LogP contribution in [0.2, 0.25) is 0 Å². The lowest BCUT2D eigenvalue weighted by Gasteiger charge is -1.99. The Labute approximate surface area is 98.8 Å². The van der Waals surface area contributed by atoms with Gasteiger partial charge in [-0.25, -0.2) is 0 Å². The molecule has 0 bridgehead atoms. The molecule has 0 radical (unpaired) electrons. The number of hydrogen-bond donors (Lipinski definition) is 2. The fourth-order valence-corrected chi connectivity index (χ4v) is 2.07. The summed E-state index contributed by atoms with van der Waals surface area (Å²) in [5.74, 6) is 0.171. The number of nitrogens with one attached hydrogen (secondary N) is 1. The Balaban J connectivity index is 2.33. The lowest BCUT2D eigenvalue weighted by molar-refractivity contribution is 0.460. The van der Waals surface area contributed by atoms with E-state index in [0.29, 0.717) is 0 Å². The second-order valence-electron chi connectivity index (χ2n) is 4.11. The maximum absolute atomic E-state index is 9.98. The first-order chi connectivity index (χ1) is 8.25. The molecular weight excluding hydrogens is 212 g/mol. The van der Waals surface area contributed by atoms with Gasteiger partial charge in [-0.2, -0.15) is 0 Å². The van der Waals surface area contributed by atoms with Crippen LogP contribution in [0.1, 0.15) is 5.56 Å². The van der Waals surface area contributed by atoms with E-state index in [1.165, 1.54) is 0 Å². The third-order valence-electron chi connectivity index (χ3n) is 2.86. The highest BCUT2D eigenvalue weighted by Gasteiger charge is 2.13. The van der Waals surface area contributed by atoms with Crippen LogP contribution in [-0.4, -0.2) is 15.1 Å². The van der Waals surface area contributed by atoms with E-state index >= 15 is 0 Å². The van der Waals surface area contributed by atoms with Gasteiger partial charge >= 0.3 is 0 Å². The smallest absolute Gasteiger partial charge is 0.199 e. The van der Waals surface area contributed by atoms with Crippen molar-refractivity contribution in [3.63, 3.8) is 0 Å². The SMILES string of the molecule is Cc1ccc2c(-c3ccccn3)c(O)[nH]c2c1. The molecule has 17 heavy (non-hydrogen) atoms. The van der Waals surface area contributed by atoms with Crippen molar-refractivity contribution in [2.24, 2.45) is 0 Å². The Morgan fingerprint density at radius 3 is 2.82 bits per heavy atom. The molecule has 1 aromatic carbocycles. The van der Waals surface area contributed by atoms with Crippen LogP contribution in [-0.2, 0) is 0 Å². The van der Waals surface area contributed by atoms with Crippen LogP contribution in [0.5, 0.6) is 5.88 Å². The second-order valence-corrected chi connectivity index (χ2v) is 4.11. The molecule has 3 aromatic rings. The molecule has 0 fully saturated rings. The van der Waals surface area contributed by atoms with Gasteiger partial charge in [0, 0.05) is 17.1 Å². The van der Waals surface area contributed by atoms with Gasteiger partial charge in [-0.05, 0) is 30.7 Å². The molecule has 0 saturated heterocycles. The summed E-state index contributed by atoms with van der Waals surface area (Å²) in [6.45, 7) is 2.03. The zero-order valence-corrected chi connectivity index (χ0v) is 9.44. The normalized spacial score (nSPS) is 10.9. The minimum absolute atomic E-state index is 0.171. The highest BCUT2D eigenvalue weighted by atomic mass is 16.3. The van der Waals surface area contributed by atoms with E-state index in [2.05, 4.69) is 9.97 Å². The first-order valence-corrected chi connectivity index (χ1v) is 5.48. The van der Waals surface area contributed by atoms with E-state index < -0.39 is 0 Å². The van der Waals surface area contributed by atoms with Crippen LogP contribution in [0.15, 0.2) is 42.6 Å². The molecule has 0 aliphatic carbocycles. The van der Waals surface area contributed by atoms with Crippen molar-refractivity contribution in [3.8, 4) is 17.1 Å². The van der Waals surface area contributed by atoms with Crippen molar-refractivity contribution in [3.05, 3.63) is 48.2 Å². The van der Waals surface area contributed by atoms with Crippen molar-refractivity contribution < 1.29 is 5.11 Å². The number of rotatable bonds is 1. The maximum Gasteiger partial charge on any atom is 0.199 e. The Kier molecular flexibility index (Phi) is 2.11. The van der Waals surface area contributed by atoms with Crippen LogP contribution in [0.4, 0.5) is 0 Å². The number of H-pyrrole nitrogens is 1. The topological polar surface area (TPSA) is 48.9 Å². The largest absolute Gasteiger partial charge is 0.494 e. The van der Waals surface area contributed by atoms with Gasteiger partial charge in [-0.1, -0.05) is 18.2 Å². The highest BCUT2D eigenvalue weighted by Crippen LogP contribution is 2.35. The fraction of sp³-hybridized carbons (Fsp3) is 0.0714. The molecule has 2 heterocycles. The number of aromatic hydroxyl groups is 1. The maximum atomic E-state index is 9.98. The Bertz CT molecular complexity index is 671. The molecule has 0 spiro atoms. The predicted molar refractivity (Wildman–Crippen MR) is 67.9 cm³/mol. The summed E-state index contributed by atoms with van der Waals surface area (Å²) in [6, 6.07) is 11.7. The van der Waals surface area contributed by atoms with Gasteiger partial charge < -0.3 is 10.1 Å². The number of pyridine rings is 1. The zero-order valence-electron chi connectivity index (χ0n) is 9.44. The van der Waals surface area contributed by atoms with Gasteiger partial charge in [0.15, 0.2) is 5.88 Å². The highest BCUT2D eigenvalue weighted by molar-refractivity contribution is 5.98. The Hall–Kier alpha value is -2.29. The quantitative estimate of drug-likeness (QED) is 0.666. The van der Waals surface area contributed by atoms with Crippen molar-refractivity contribution in [1.29, 1.82) is 0 Å². The van der Waals surface area contributed by atoms with Crippen LogP contribution < -0.4 is 0 Å². The summed E-state index contributed by atoms with van der Waals surface area (Å²) in [7, 11) is 0. The van der Waals surface area contributed by atoms with E-state index in [-0.39, 0.29) is 5.88 Å². The summed E-state index contributed by atoms with van der Waals surface area (Å²) in [4.78, 5) is 7.26. The van der Waals surface area contributed by atoms with E-state index in [0.717, 1.165) is 27.7 Å². The number of aryl methyl sites for hydroxylation is 1. The molecule has 0 aliphatic rings. The molecule has 2 aromatic heterocycles. The van der Waals surface area contributed by atoms with Gasteiger partial charge in [0.25, 0.3) is 0 Å². The number of benzene rings is 1. The van der Waals surface area contributed by atoms with Gasteiger partial charge in [-0.15, -0.1) is 0 Å². The van der Waals surface area contributed by atoms with Crippen molar-refractivity contribution in [2.45, 2.75) is 6.92 Å². The summed E-state index contributed by atoms with van der Waals surface area (Å²) in [6.07, 6.45) is 1.72. The third-order valence-corrected chi connectivity index (χ3v) is 2.86. The standard InChI is InChI=1S/C14H12N2O/c1-9-5-6-10-12(8-9)16-14(17)13(10)11-4-2-3-7-15-11/h2-8,16-17H,1H3. The summed E-state index contributed by atoms with van der Waals surface area (Å²) in [5.41, 5.74) is 3.63.